The summed E-state index contributed by atoms with van der Waals surface area (Å²) in [6.45, 7) is 4.89. The fraction of sp³-hybridized carbons (Fsp3) is 0.400. The highest BCUT2D eigenvalue weighted by molar-refractivity contribution is 5.54. The third-order valence-electron chi connectivity index (χ3n) is 0.970. The average Bonchev–Trinajstić information content (AvgIpc) is 2.17. The molecule has 0 radical (unpaired) electrons. The first-order valence-corrected chi connectivity index (χ1v) is 2.67. The van der Waals surface area contributed by atoms with Crippen LogP contribution in [-0.2, 0) is 0 Å². The van der Waals surface area contributed by atoms with Crippen molar-refractivity contribution in [3.8, 4) is 0 Å². The Balaban J connectivity index is 0.000000810. The lowest BCUT2D eigenvalue weighted by atomic mass is 10.6. The molecule has 10 heavy (non-hydrogen) atoms. The van der Waals surface area contributed by atoms with Gasteiger partial charge in [-0.15, -0.1) is 6.58 Å². The Hall–Kier alpha value is -0.640. The monoisotopic (exact) mass is 204 g/mol. The van der Waals surface area contributed by atoms with E-state index in [1.54, 1.807) is 11.1 Å². The Morgan fingerprint density at radius 3 is 2.90 bits per heavy atom. The number of rotatable bonds is 2. The number of hydrazine groups is 1. The Labute approximate surface area is 70.7 Å². The van der Waals surface area contributed by atoms with Crippen LogP contribution in [0.3, 0.4) is 0 Å². The SMILES string of the molecule is C=CCN1CN(N)[C+]=N1.[Br-]. The normalized spacial score (nSPS) is 14.5. The van der Waals surface area contributed by atoms with Gasteiger partial charge >= 0.3 is 6.34 Å². The highest BCUT2D eigenvalue weighted by Gasteiger charge is 2.22. The summed E-state index contributed by atoms with van der Waals surface area (Å²) in [4.78, 5) is 0. The van der Waals surface area contributed by atoms with E-state index in [1.165, 1.54) is 5.01 Å². The molecule has 0 aromatic carbocycles. The van der Waals surface area contributed by atoms with Crippen LogP contribution in [-0.4, -0.2) is 29.6 Å². The van der Waals surface area contributed by atoms with Gasteiger partial charge in [0, 0.05) is 0 Å². The lowest BCUT2D eigenvalue weighted by Crippen LogP contribution is -3.00. The number of hydrazone groups is 1. The van der Waals surface area contributed by atoms with Crippen LogP contribution in [0.25, 0.3) is 0 Å². The predicted molar refractivity (Wildman–Crippen MR) is 35.2 cm³/mol. The molecule has 0 atom stereocenters. The van der Waals surface area contributed by atoms with E-state index in [0.29, 0.717) is 6.67 Å². The van der Waals surface area contributed by atoms with Crippen molar-refractivity contribution in [1.82, 2.24) is 10.0 Å². The fourth-order valence-electron chi connectivity index (χ4n) is 0.607. The molecular weight excluding hydrogens is 196 g/mol. The molecule has 0 aromatic heterocycles. The summed E-state index contributed by atoms with van der Waals surface area (Å²) in [6.07, 6.45) is 4.34. The van der Waals surface area contributed by atoms with Gasteiger partial charge in [-0.3, -0.25) is 0 Å². The summed E-state index contributed by atoms with van der Waals surface area (Å²) in [6, 6.07) is 0. The number of nitrogens with zero attached hydrogens (tertiary/aromatic N) is 3. The van der Waals surface area contributed by atoms with Crippen molar-refractivity contribution in [2.24, 2.45) is 10.9 Å². The quantitative estimate of drug-likeness (QED) is 0.288. The van der Waals surface area contributed by atoms with Crippen LogP contribution in [0.4, 0.5) is 0 Å². The summed E-state index contributed by atoms with van der Waals surface area (Å²) in [5, 5.41) is 6.97. The van der Waals surface area contributed by atoms with E-state index in [0.717, 1.165) is 6.54 Å². The Kier molecular flexibility index (Phi) is 3.95. The van der Waals surface area contributed by atoms with Crippen molar-refractivity contribution >= 4 is 6.34 Å². The topological polar surface area (TPSA) is 44.9 Å². The maximum atomic E-state index is 5.31. The van der Waals surface area contributed by atoms with Crippen molar-refractivity contribution in [2.75, 3.05) is 13.2 Å². The van der Waals surface area contributed by atoms with Gasteiger partial charge in [0.1, 0.15) is 5.10 Å². The Morgan fingerprint density at radius 1 is 1.80 bits per heavy atom. The third kappa shape index (κ3) is 2.31. The van der Waals surface area contributed by atoms with Crippen LogP contribution in [0.1, 0.15) is 0 Å². The average molecular weight is 205 g/mol. The maximum absolute atomic E-state index is 5.31. The third-order valence-corrected chi connectivity index (χ3v) is 0.970. The first-order chi connectivity index (χ1) is 4.33. The van der Waals surface area contributed by atoms with Gasteiger partial charge < -0.3 is 17.0 Å². The van der Waals surface area contributed by atoms with Gasteiger partial charge in [0.05, 0.1) is 6.54 Å². The standard InChI is InChI=1S/C5H9N4.BrH/c1-2-3-9-5-8(6)4-7-9;/h2H,1,3,5-6H2;1H/q+1;/p-1. The molecule has 1 aliphatic rings. The Morgan fingerprint density at radius 2 is 2.50 bits per heavy atom. The van der Waals surface area contributed by atoms with Crippen molar-refractivity contribution in [1.29, 1.82) is 0 Å². The molecule has 5 heteroatoms. The summed E-state index contributed by atoms with van der Waals surface area (Å²) >= 11 is 0. The molecule has 0 saturated carbocycles. The zero-order chi connectivity index (χ0) is 6.69. The second kappa shape index (κ2) is 4.22. The van der Waals surface area contributed by atoms with Gasteiger partial charge in [-0.25, -0.2) is 10.9 Å². The van der Waals surface area contributed by atoms with E-state index in [-0.39, 0.29) is 17.0 Å². The van der Waals surface area contributed by atoms with E-state index in [4.69, 9.17) is 5.84 Å². The highest BCUT2D eigenvalue weighted by atomic mass is 79.9. The van der Waals surface area contributed by atoms with E-state index >= 15 is 0 Å². The van der Waals surface area contributed by atoms with Crippen molar-refractivity contribution in [3.63, 3.8) is 0 Å². The number of nitrogens with two attached hydrogens (primary N) is 1. The van der Waals surface area contributed by atoms with Crippen LogP contribution >= 0.6 is 0 Å². The van der Waals surface area contributed by atoms with Crippen molar-refractivity contribution in [3.05, 3.63) is 12.7 Å². The van der Waals surface area contributed by atoms with Gasteiger partial charge in [0.15, 0.2) is 6.67 Å². The largest absolute Gasteiger partial charge is 1.00 e. The molecule has 1 rings (SSSR count). The molecule has 1 aliphatic heterocycles. The maximum Gasteiger partial charge on any atom is 0.561 e. The van der Waals surface area contributed by atoms with Gasteiger partial charge in [0.2, 0.25) is 0 Å². The molecule has 0 saturated heterocycles. The molecule has 4 nitrogen and oxygen atoms in total. The minimum Gasteiger partial charge on any atom is -1.00 e. The zero-order valence-electron chi connectivity index (χ0n) is 5.50. The van der Waals surface area contributed by atoms with E-state index in [9.17, 15) is 0 Å². The van der Waals surface area contributed by atoms with E-state index in [1.807, 2.05) is 0 Å². The van der Waals surface area contributed by atoms with Gasteiger partial charge in [-0.2, -0.15) is 0 Å². The van der Waals surface area contributed by atoms with Gasteiger partial charge in [-0.1, -0.05) is 11.1 Å². The van der Waals surface area contributed by atoms with Crippen molar-refractivity contribution in [2.45, 2.75) is 0 Å². The molecule has 0 amide bonds. The number of hydrogen-bond acceptors (Lipinski definition) is 4. The highest BCUT2D eigenvalue weighted by Crippen LogP contribution is 1.95. The molecule has 0 unspecified atom stereocenters. The minimum absolute atomic E-state index is 0. The zero-order valence-corrected chi connectivity index (χ0v) is 7.08. The van der Waals surface area contributed by atoms with Crippen molar-refractivity contribution < 1.29 is 17.0 Å². The first kappa shape index (κ1) is 9.36. The molecule has 1 heterocycles. The Bertz CT molecular complexity index is 136. The second-order valence-electron chi connectivity index (χ2n) is 1.79. The van der Waals surface area contributed by atoms with Crippen LogP contribution in [0.5, 0.6) is 0 Å². The summed E-state index contributed by atoms with van der Waals surface area (Å²) in [5.74, 6) is 5.31. The van der Waals surface area contributed by atoms with E-state index in [2.05, 4.69) is 18.0 Å². The number of halogens is 1. The van der Waals surface area contributed by atoms with Crippen LogP contribution < -0.4 is 22.8 Å². The molecule has 2 N–H and O–H groups in total. The van der Waals surface area contributed by atoms with E-state index < -0.39 is 0 Å². The fourth-order valence-corrected chi connectivity index (χ4v) is 0.607. The lowest BCUT2D eigenvalue weighted by Gasteiger charge is -2.03. The lowest BCUT2D eigenvalue weighted by molar-refractivity contribution is -0.00000203. The molecule has 0 aromatic rings. The molecular formula is C5H9BrN4. The van der Waals surface area contributed by atoms with Crippen LogP contribution in [0.15, 0.2) is 17.8 Å². The van der Waals surface area contributed by atoms with Crippen LogP contribution in [0.2, 0.25) is 0 Å². The second-order valence-corrected chi connectivity index (χ2v) is 1.79. The predicted octanol–water partition coefficient (Wildman–Crippen LogP) is -3.55. The van der Waals surface area contributed by atoms with Gasteiger partial charge in [-0.05, 0) is 0 Å². The molecule has 0 bridgehead atoms. The minimum atomic E-state index is 0. The number of hydrogen-bond donors (Lipinski definition) is 1. The molecule has 0 fully saturated rings. The molecule has 0 spiro atoms. The smallest absolute Gasteiger partial charge is 0.561 e. The molecule has 56 valence electrons. The molecule has 0 aliphatic carbocycles. The summed E-state index contributed by atoms with van der Waals surface area (Å²) in [5.41, 5.74) is 0. The van der Waals surface area contributed by atoms with Crippen LogP contribution in [0, 0.1) is 0 Å². The van der Waals surface area contributed by atoms with Gasteiger partial charge in [0.25, 0.3) is 0 Å². The summed E-state index contributed by atoms with van der Waals surface area (Å²) in [7, 11) is 0. The summed E-state index contributed by atoms with van der Waals surface area (Å²) < 4.78 is 0. The first-order valence-electron chi connectivity index (χ1n) is 2.67.